The third-order valence-electron chi connectivity index (χ3n) is 3.74. The van der Waals surface area contributed by atoms with E-state index in [2.05, 4.69) is 17.4 Å². The van der Waals surface area contributed by atoms with Gasteiger partial charge >= 0.3 is 0 Å². The fraction of sp³-hybridized carbons (Fsp3) is 0.235. The van der Waals surface area contributed by atoms with E-state index >= 15 is 0 Å². The van der Waals surface area contributed by atoms with Crippen LogP contribution in [-0.4, -0.2) is 5.91 Å². The van der Waals surface area contributed by atoms with E-state index in [4.69, 9.17) is 0 Å². The molecule has 2 aromatic carbocycles. The smallest absolute Gasteiger partial charge is 0.228 e. The van der Waals surface area contributed by atoms with Gasteiger partial charge in [-0.1, -0.05) is 42.0 Å². The van der Waals surface area contributed by atoms with Crippen molar-refractivity contribution in [1.29, 1.82) is 0 Å². The molecule has 0 heterocycles. The minimum atomic E-state index is 0.0682. The summed E-state index contributed by atoms with van der Waals surface area (Å²) < 4.78 is 0. The molecule has 0 saturated heterocycles. The summed E-state index contributed by atoms with van der Waals surface area (Å²) in [5.74, 6) is 0.193. The van der Waals surface area contributed by atoms with Gasteiger partial charge < -0.3 is 5.32 Å². The predicted molar refractivity (Wildman–Crippen MR) is 77.1 cm³/mol. The van der Waals surface area contributed by atoms with E-state index in [-0.39, 0.29) is 11.8 Å². The largest absolute Gasteiger partial charge is 0.326 e. The molecule has 2 nitrogen and oxygen atoms in total. The maximum atomic E-state index is 12.3. The van der Waals surface area contributed by atoms with Crippen molar-refractivity contribution in [2.45, 2.75) is 19.8 Å². The highest BCUT2D eigenvalue weighted by Crippen LogP contribution is 2.27. The molecule has 0 aliphatic heterocycles. The second-order valence-corrected chi connectivity index (χ2v) is 5.23. The molecule has 0 spiro atoms. The summed E-state index contributed by atoms with van der Waals surface area (Å²) in [7, 11) is 0. The summed E-state index contributed by atoms with van der Waals surface area (Å²) in [6, 6.07) is 16.3. The molecule has 0 unspecified atom stereocenters. The molecule has 19 heavy (non-hydrogen) atoms. The number of hydrogen-bond donors (Lipinski definition) is 1. The number of nitrogens with one attached hydrogen (secondary N) is 1. The Morgan fingerprint density at radius 2 is 1.58 bits per heavy atom. The van der Waals surface area contributed by atoms with Crippen LogP contribution in [0.2, 0.25) is 0 Å². The fourth-order valence-corrected chi connectivity index (χ4v) is 2.63. The lowest BCUT2D eigenvalue weighted by atomic mass is 10.1. The molecule has 0 bridgehead atoms. The van der Waals surface area contributed by atoms with E-state index in [1.165, 1.54) is 16.7 Å². The van der Waals surface area contributed by atoms with Gasteiger partial charge in [0, 0.05) is 11.6 Å². The summed E-state index contributed by atoms with van der Waals surface area (Å²) in [4.78, 5) is 12.3. The number of carbonyl (C=O) groups is 1. The zero-order chi connectivity index (χ0) is 13.2. The first-order chi connectivity index (χ1) is 9.22. The number of rotatable bonds is 2. The lowest BCUT2D eigenvalue weighted by molar-refractivity contribution is -0.119. The Bertz CT molecular complexity index is 576. The van der Waals surface area contributed by atoms with Gasteiger partial charge in [0.2, 0.25) is 5.91 Å². The van der Waals surface area contributed by atoms with Crippen LogP contribution in [-0.2, 0) is 17.6 Å². The van der Waals surface area contributed by atoms with Gasteiger partial charge in [-0.15, -0.1) is 0 Å². The number of amides is 1. The molecule has 2 heteroatoms. The molecular formula is C17H17NO. The summed E-state index contributed by atoms with van der Waals surface area (Å²) in [6.07, 6.45) is 1.71. The normalized spacial score (nSPS) is 14.2. The van der Waals surface area contributed by atoms with Crippen LogP contribution in [0, 0.1) is 12.8 Å². The standard InChI is InChI=1S/C17H17NO/c1-12-6-8-16(9-7-12)18-17(19)15-10-13-4-2-3-5-14(13)11-15/h2-9,15H,10-11H2,1H3,(H,18,19). The highest BCUT2D eigenvalue weighted by Gasteiger charge is 2.26. The van der Waals surface area contributed by atoms with E-state index in [1.807, 2.05) is 43.3 Å². The second-order valence-electron chi connectivity index (χ2n) is 5.23. The average molecular weight is 251 g/mol. The topological polar surface area (TPSA) is 29.1 Å². The van der Waals surface area contributed by atoms with Crippen LogP contribution >= 0.6 is 0 Å². The van der Waals surface area contributed by atoms with Gasteiger partial charge in [-0.3, -0.25) is 4.79 Å². The van der Waals surface area contributed by atoms with Crippen molar-refractivity contribution in [3.05, 3.63) is 65.2 Å². The summed E-state index contributed by atoms with van der Waals surface area (Å²) in [5.41, 5.74) is 4.70. The van der Waals surface area contributed by atoms with Gasteiger partial charge in [-0.05, 0) is 43.0 Å². The molecule has 1 N–H and O–H groups in total. The maximum absolute atomic E-state index is 12.3. The first-order valence-electron chi connectivity index (χ1n) is 6.67. The Balaban J connectivity index is 1.68. The van der Waals surface area contributed by atoms with E-state index in [0.29, 0.717) is 0 Å². The van der Waals surface area contributed by atoms with Crippen LogP contribution in [0.1, 0.15) is 16.7 Å². The minimum absolute atomic E-state index is 0.0682. The van der Waals surface area contributed by atoms with Crippen LogP contribution < -0.4 is 5.32 Å². The lowest BCUT2D eigenvalue weighted by Crippen LogP contribution is -2.23. The molecular weight excluding hydrogens is 234 g/mol. The van der Waals surface area contributed by atoms with E-state index in [1.54, 1.807) is 0 Å². The second kappa shape index (κ2) is 4.88. The quantitative estimate of drug-likeness (QED) is 0.871. The third kappa shape index (κ3) is 2.53. The van der Waals surface area contributed by atoms with Crippen molar-refractivity contribution in [3.63, 3.8) is 0 Å². The third-order valence-corrected chi connectivity index (χ3v) is 3.74. The van der Waals surface area contributed by atoms with Gasteiger partial charge in [0.25, 0.3) is 0 Å². The average Bonchev–Trinajstić information content (AvgIpc) is 2.85. The molecule has 0 saturated carbocycles. The van der Waals surface area contributed by atoms with Crippen LogP contribution in [0.25, 0.3) is 0 Å². The number of carbonyl (C=O) groups excluding carboxylic acids is 1. The summed E-state index contributed by atoms with van der Waals surface area (Å²) >= 11 is 0. The lowest BCUT2D eigenvalue weighted by Gasteiger charge is -2.10. The molecule has 0 radical (unpaired) electrons. The Morgan fingerprint density at radius 1 is 1.00 bits per heavy atom. The van der Waals surface area contributed by atoms with Gasteiger partial charge in [0.05, 0.1) is 0 Å². The number of benzene rings is 2. The Hall–Kier alpha value is -2.09. The maximum Gasteiger partial charge on any atom is 0.228 e. The molecule has 0 fully saturated rings. The van der Waals surface area contributed by atoms with Crippen LogP contribution in [0.3, 0.4) is 0 Å². The number of hydrogen-bond acceptors (Lipinski definition) is 1. The van der Waals surface area contributed by atoms with E-state index in [9.17, 15) is 4.79 Å². The molecule has 1 aliphatic carbocycles. The van der Waals surface area contributed by atoms with Gasteiger partial charge in [-0.25, -0.2) is 0 Å². The predicted octanol–water partition coefficient (Wildman–Crippen LogP) is 3.35. The number of anilines is 1. The van der Waals surface area contributed by atoms with E-state index in [0.717, 1.165) is 18.5 Å². The highest BCUT2D eigenvalue weighted by atomic mass is 16.1. The van der Waals surface area contributed by atoms with Crippen molar-refractivity contribution in [1.82, 2.24) is 0 Å². The molecule has 0 aromatic heterocycles. The molecule has 2 aromatic rings. The molecule has 0 atom stereocenters. The van der Waals surface area contributed by atoms with Crippen LogP contribution in [0.5, 0.6) is 0 Å². The zero-order valence-corrected chi connectivity index (χ0v) is 11.0. The Morgan fingerprint density at radius 3 is 2.16 bits per heavy atom. The first kappa shape index (κ1) is 12.0. The Labute approximate surface area is 113 Å². The van der Waals surface area contributed by atoms with Gasteiger partial charge in [0.15, 0.2) is 0 Å². The van der Waals surface area contributed by atoms with E-state index < -0.39 is 0 Å². The summed E-state index contributed by atoms with van der Waals surface area (Å²) in [6.45, 7) is 2.04. The fourth-order valence-electron chi connectivity index (χ4n) is 2.63. The Kier molecular flexibility index (Phi) is 3.08. The van der Waals surface area contributed by atoms with Crippen molar-refractivity contribution in [2.75, 3.05) is 5.32 Å². The molecule has 96 valence electrons. The summed E-state index contributed by atoms with van der Waals surface area (Å²) in [5, 5.41) is 3.01. The van der Waals surface area contributed by atoms with Crippen molar-refractivity contribution >= 4 is 11.6 Å². The monoisotopic (exact) mass is 251 g/mol. The highest BCUT2D eigenvalue weighted by molar-refractivity contribution is 5.93. The SMILES string of the molecule is Cc1ccc(NC(=O)C2Cc3ccccc3C2)cc1. The zero-order valence-electron chi connectivity index (χ0n) is 11.0. The number of fused-ring (bicyclic) bond motifs is 1. The van der Waals surface area contributed by atoms with Crippen molar-refractivity contribution in [2.24, 2.45) is 5.92 Å². The molecule has 1 aliphatic rings. The molecule has 3 rings (SSSR count). The van der Waals surface area contributed by atoms with Gasteiger partial charge in [0.1, 0.15) is 0 Å². The minimum Gasteiger partial charge on any atom is -0.326 e. The molecule has 1 amide bonds. The van der Waals surface area contributed by atoms with Crippen molar-refractivity contribution < 1.29 is 4.79 Å². The van der Waals surface area contributed by atoms with Crippen molar-refractivity contribution in [3.8, 4) is 0 Å². The van der Waals surface area contributed by atoms with Crippen LogP contribution in [0.4, 0.5) is 5.69 Å². The number of aryl methyl sites for hydroxylation is 1. The van der Waals surface area contributed by atoms with Gasteiger partial charge in [-0.2, -0.15) is 0 Å². The first-order valence-corrected chi connectivity index (χ1v) is 6.67. The van der Waals surface area contributed by atoms with Crippen LogP contribution in [0.15, 0.2) is 48.5 Å².